The molecule has 3 aromatic carbocycles. The SMILES string of the molecule is [2H]C([2H])([2H])c1cnc(-c2cccc3c2B2c4ccccc4Oc4cccc(c42)O3)cc1C([2H])([2H])C(C)(C)C. The number of para-hydroxylation sites is 1. The first-order valence-electron chi connectivity index (χ1n) is 13.6. The molecule has 2 aliphatic rings. The van der Waals surface area contributed by atoms with Crippen LogP contribution in [0.15, 0.2) is 72.9 Å². The minimum Gasteiger partial charge on any atom is -0.458 e. The molecule has 6 rings (SSSR count). The lowest BCUT2D eigenvalue weighted by Crippen LogP contribution is -2.58. The van der Waals surface area contributed by atoms with Crippen molar-refractivity contribution in [3.05, 3.63) is 84.1 Å². The average molecular weight is 436 g/mol. The molecule has 4 aromatic rings. The number of nitrogens with zero attached hydrogens (tertiary/aromatic N) is 1. The monoisotopic (exact) mass is 436 g/mol. The highest BCUT2D eigenvalue weighted by molar-refractivity contribution is 6.99. The fourth-order valence-electron chi connectivity index (χ4n) is 4.75. The molecule has 0 atom stereocenters. The van der Waals surface area contributed by atoms with Gasteiger partial charge in [0, 0.05) is 18.5 Å². The zero-order chi connectivity index (χ0) is 27.0. The van der Waals surface area contributed by atoms with Crippen LogP contribution in [0.3, 0.4) is 0 Å². The van der Waals surface area contributed by atoms with E-state index in [0.29, 0.717) is 11.4 Å². The number of ether oxygens (including phenoxy) is 2. The van der Waals surface area contributed by atoms with Crippen molar-refractivity contribution < 1.29 is 16.3 Å². The molecule has 3 nitrogen and oxygen atoms in total. The minimum atomic E-state index is -2.51. The highest BCUT2D eigenvalue weighted by atomic mass is 16.5. The molecule has 0 saturated carbocycles. The highest BCUT2D eigenvalue weighted by Crippen LogP contribution is 2.36. The van der Waals surface area contributed by atoms with Gasteiger partial charge in [-0.25, -0.2) is 0 Å². The van der Waals surface area contributed by atoms with Crippen LogP contribution in [0.5, 0.6) is 23.0 Å². The van der Waals surface area contributed by atoms with Gasteiger partial charge in [0.15, 0.2) is 0 Å². The quantitative estimate of drug-likeness (QED) is 0.342. The first kappa shape index (κ1) is 15.3. The summed E-state index contributed by atoms with van der Waals surface area (Å²) in [7, 11) is 0. The van der Waals surface area contributed by atoms with Crippen molar-refractivity contribution in [3.8, 4) is 34.3 Å². The van der Waals surface area contributed by atoms with Crippen LogP contribution >= 0.6 is 0 Å². The molecule has 2 aliphatic heterocycles. The van der Waals surface area contributed by atoms with Crippen molar-refractivity contribution in [2.45, 2.75) is 34.0 Å². The van der Waals surface area contributed by atoms with Gasteiger partial charge in [-0.05, 0) is 76.6 Å². The molecule has 0 radical (unpaired) electrons. The largest absolute Gasteiger partial charge is 0.458 e. The summed E-state index contributed by atoms with van der Waals surface area (Å²) >= 11 is 0. The van der Waals surface area contributed by atoms with Gasteiger partial charge in [-0.15, -0.1) is 0 Å². The van der Waals surface area contributed by atoms with E-state index in [1.807, 2.05) is 60.7 Å². The van der Waals surface area contributed by atoms with E-state index in [4.69, 9.17) is 16.3 Å². The van der Waals surface area contributed by atoms with Gasteiger partial charge in [-0.3, -0.25) is 4.98 Å². The van der Waals surface area contributed by atoms with Crippen LogP contribution in [-0.4, -0.2) is 11.7 Å². The Morgan fingerprint density at radius 3 is 2.30 bits per heavy atom. The summed E-state index contributed by atoms with van der Waals surface area (Å²) < 4.78 is 54.7. The zero-order valence-electron chi connectivity index (χ0n) is 23.8. The molecule has 0 amide bonds. The number of rotatable bonds is 2. The van der Waals surface area contributed by atoms with E-state index < -0.39 is 18.6 Å². The Bertz CT molecular complexity index is 1580. The Morgan fingerprint density at radius 2 is 1.55 bits per heavy atom. The molecule has 1 aromatic heterocycles. The molecule has 0 saturated heterocycles. The molecular weight excluding hydrogens is 405 g/mol. The van der Waals surface area contributed by atoms with E-state index in [1.54, 1.807) is 26.8 Å². The third-order valence-electron chi connectivity index (χ3n) is 6.03. The van der Waals surface area contributed by atoms with Crippen LogP contribution in [-0.2, 0) is 6.37 Å². The Labute approximate surface area is 202 Å². The summed E-state index contributed by atoms with van der Waals surface area (Å²) in [5.74, 6) is 2.89. The molecule has 33 heavy (non-hydrogen) atoms. The number of benzene rings is 3. The van der Waals surface area contributed by atoms with E-state index >= 15 is 0 Å². The van der Waals surface area contributed by atoms with Crippen molar-refractivity contribution in [1.29, 1.82) is 0 Å². The van der Waals surface area contributed by atoms with Gasteiger partial charge < -0.3 is 9.47 Å². The molecule has 4 heteroatoms. The number of aromatic nitrogens is 1. The van der Waals surface area contributed by atoms with Gasteiger partial charge >= 0.3 is 0 Å². The Balaban J connectivity index is 1.62. The topological polar surface area (TPSA) is 31.4 Å². The maximum absolute atomic E-state index is 8.94. The third-order valence-corrected chi connectivity index (χ3v) is 6.03. The molecule has 0 aliphatic carbocycles. The molecular formula is C29H26BNO2. The van der Waals surface area contributed by atoms with Gasteiger partial charge in [0.25, 0.3) is 6.71 Å². The van der Waals surface area contributed by atoms with Crippen LogP contribution in [0.2, 0.25) is 0 Å². The second kappa shape index (κ2) is 7.24. The van der Waals surface area contributed by atoms with E-state index in [1.165, 1.54) is 6.20 Å². The van der Waals surface area contributed by atoms with Crippen molar-refractivity contribution in [2.24, 2.45) is 5.41 Å². The number of fused-ring (bicyclic) bond motifs is 4. The number of aryl methyl sites for hydroxylation is 1. The van der Waals surface area contributed by atoms with Crippen molar-refractivity contribution in [2.75, 3.05) is 0 Å². The van der Waals surface area contributed by atoms with Crippen molar-refractivity contribution >= 4 is 23.1 Å². The van der Waals surface area contributed by atoms with Gasteiger partial charge in [0.2, 0.25) is 0 Å². The summed E-state index contributed by atoms with van der Waals surface area (Å²) in [5.41, 5.74) is 3.25. The van der Waals surface area contributed by atoms with E-state index in [-0.39, 0.29) is 17.8 Å². The predicted molar refractivity (Wildman–Crippen MR) is 135 cm³/mol. The number of hydrogen-bond donors (Lipinski definition) is 0. The smallest absolute Gasteiger partial charge is 0.261 e. The minimum absolute atomic E-state index is 0.0775. The first-order valence-corrected chi connectivity index (χ1v) is 11.1. The number of pyridine rings is 1. The normalized spacial score (nSPS) is 16.5. The summed E-state index contributed by atoms with van der Waals surface area (Å²) in [6, 6.07) is 21.0. The molecule has 0 spiro atoms. The Kier molecular flexibility index (Phi) is 3.37. The average Bonchev–Trinajstić information content (AvgIpc) is 2.86. The van der Waals surface area contributed by atoms with Crippen LogP contribution < -0.4 is 25.9 Å². The molecule has 0 N–H and O–H groups in total. The van der Waals surface area contributed by atoms with Gasteiger partial charge in [-0.2, -0.15) is 0 Å². The first-order chi connectivity index (χ1) is 17.9. The van der Waals surface area contributed by atoms with Crippen molar-refractivity contribution in [3.63, 3.8) is 0 Å². The summed E-state index contributed by atoms with van der Waals surface area (Å²) in [5, 5.41) is 0. The predicted octanol–water partition coefficient (Wildman–Crippen LogP) is 5.37. The lowest BCUT2D eigenvalue weighted by Gasteiger charge is -2.33. The van der Waals surface area contributed by atoms with Crippen LogP contribution in [0.4, 0.5) is 0 Å². The fourth-order valence-corrected chi connectivity index (χ4v) is 4.75. The molecule has 162 valence electrons. The van der Waals surface area contributed by atoms with Crippen molar-refractivity contribution in [1.82, 2.24) is 4.98 Å². The second-order valence-electron chi connectivity index (χ2n) is 9.55. The van der Waals surface area contributed by atoms with Crippen LogP contribution in [0.1, 0.15) is 38.8 Å². The maximum Gasteiger partial charge on any atom is 0.261 e. The molecule has 0 bridgehead atoms. The lowest BCUT2D eigenvalue weighted by atomic mass is 9.34. The molecule has 0 unspecified atom stereocenters. The van der Waals surface area contributed by atoms with E-state index in [9.17, 15) is 0 Å². The fraction of sp³-hybridized carbons (Fsp3) is 0.207. The van der Waals surface area contributed by atoms with Crippen LogP contribution in [0.25, 0.3) is 11.3 Å². The van der Waals surface area contributed by atoms with Gasteiger partial charge in [0.1, 0.15) is 23.0 Å². The standard InChI is InChI=1S/C29H26BNO2/c1-18-17-31-22(15-19(18)16-29(2,3)4)20-9-7-12-24-27(20)30-21-10-5-6-11-23(21)32-25-13-8-14-26(33-24)28(25)30/h5-15,17H,16H2,1-4H3/i1D3,16D2. The van der Waals surface area contributed by atoms with Gasteiger partial charge in [-0.1, -0.05) is 57.2 Å². The summed E-state index contributed by atoms with van der Waals surface area (Å²) in [6.07, 6.45) is -0.619. The van der Waals surface area contributed by atoms with Crippen LogP contribution in [0, 0.1) is 12.3 Å². The molecule has 0 fully saturated rings. The third kappa shape index (κ3) is 3.33. The van der Waals surface area contributed by atoms with E-state index in [0.717, 1.165) is 39.2 Å². The molecule has 3 heterocycles. The Morgan fingerprint density at radius 1 is 0.879 bits per heavy atom. The maximum atomic E-state index is 8.94. The highest BCUT2D eigenvalue weighted by Gasteiger charge is 2.41. The summed E-state index contributed by atoms with van der Waals surface area (Å²) in [4.78, 5) is 4.59. The van der Waals surface area contributed by atoms with E-state index in [2.05, 4.69) is 4.98 Å². The number of hydrogen-bond acceptors (Lipinski definition) is 3. The summed E-state index contributed by atoms with van der Waals surface area (Å²) in [6.45, 7) is 2.61. The van der Waals surface area contributed by atoms with Gasteiger partial charge in [0.05, 0.1) is 5.69 Å². The Hall–Kier alpha value is -3.53. The lowest BCUT2D eigenvalue weighted by molar-refractivity contribution is 0.410. The zero-order valence-corrected chi connectivity index (χ0v) is 18.8. The second-order valence-corrected chi connectivity index (χ2v) is 9.55.